The van der Waals surface area contributed by atoms with Gasteiger partial charge in [-0.1, -0.05) is 42.5 Å². The summed E-state index contributed by atoms with van der Waals surface area (Å²) in [6.45, 7) is 0.526. The van der Waals surface area contributed by atoms with Crippen molar-refractivity contribution in [2.24, 2.45) is 0 Å². The summed E-state index contributed by atoms with van der Waals surface area (Å²) in [5.41, 5.74) is 2.80. The first-order valence-corrected chi connectivity index (χ1v) is 8.42. The lowest BCUT2D eigenvalue weighted by atomic mass is 10.1. The summed E-state index contributed by atoms with van der Waals surface area (Å²) in [4.78, 5) is 12.2. The number of anilines is 1. The molecule has 0 fully saturated rings. The molecule has 0 saturated heterocycles. The predicted molar refractivity (Wildman–Crippen MR) is 103 cm³/mol. The minimum atomic E-state index is -0.0619. The predicted octanol–water partition coefficient (Wildman–Crippen LogP) is 4.46. The minimum Gasteiger partial charge on any atom is -0.497 e. The molecule has 4 nitrogen and oxygen atoms in total. The smallest absolute Gasteiger partial charge is 0.228 e. The highest BCUT2D eigenvalue weighted by Gasteiger charge is 2.05. The third kappa shape index (κ3) is 5.11. The average molecular weight is 347 g/mol. The summed E-state index contributed by atoms with van der Waals surface area (Å²) in [5, 5.41) is 2.88. The number of hydrogen-bond acceptors (Lipinski definition) is 3. The maximum Gasteiger partial charge on any atom is 0.228 e. The summed E-state index contributed by atoms with van der Waals surface area (Å²) in [7, 11) is 1.61. The second-order valence-corrected chi connectivity index (χ2v) is 5.87. The standard InChI is InChI=1S/C22H21NO3/c1-25-20-13-9-19(10-14-20)23-22(24)15-17-7-11-21(12-8-17)26-16-18-5-3-2-4-6-18/h2-14H,15-16H2,1H3,(H,23,24). The van der Waals surface area contributed by atoms with Crippen molar-refractivity contribution in [2.75, 3.05) is 12.4 Å². The van der Waals surface area contributed by atoms with Crippen LogP contribution in [0.5, 0.6) is 11.5 Å². The van der Waals surface area contributed by atoms with E-state index in [9.17, 15) is 4.79 Å². The van der Waals surface area contributed by atoms with Gasteiger partial charge in [-0.25, -0.2) is 0 Å². The van der Waals surface area contributed by atoms with Crippen molar-refractivity contribution >= 4 is 11.6 Å². The molecule has 4 heteroatoms. The van der Waals surface area contributed by atoms with Crippen LogP contribution in [-0.4, -0.2) is 13.0 Å². The third-order valence-electron chi connectivity index (χ3n) is 3.91. The Hall–Kier alpha value is -3.27. The molecule has 0 aliphatic rings. The lowest BCUT2D eigenvalue weighted by Gasteiger charge is -2.08. The summed E-state index contributed by atoms with van der Waals surface area (Å²) in [6.07, 6.45) is 0.311. The molecule has 0 unspecified atom stereocenters. The highest BCUT2D eigenvalue weighted by molar-refractivity contribution is 5.92. The van der Waals surface area contributed by atoms with Gasteiger partial charge in [0.2, 0.25) is 5.91 Å². The molecule has 26 heavy (non-hydrogen) atoms. The third-order valence-corrected chi connectivity index (χ3v) is 3.91. The molecule has 0 spiro atoms. The van der Waals surface area contributed by atoms with E-state index in [4.69, 9.17) is 9.47 Å². The Morgan fingerprint density at radius 3 is 2.12 bits per heavy atom. The molecule has 0 radical (unpaired) electrons. The van der Waals surface area contributed by atoms with E-state index in [2.05, 4.69) is 5.32 Å². The molecule has 0 bridgehead atoms. The molecule has 0 aliphatic carbocycles. The zero-order valence-electron chi connectivity index (χ0n) is 14.6. The fourth-order valence-electron chi connectivity index (χ4n) is 2.51. The van der Waals surface area contributed by atoms with Gasteiger partial charge >= 0.3 is 0 Å². The first kappa shape index (κ1) is 17.5. The van der Waals surface area contributed by atoms with Crippen LogP contribution in [0.15, 0.2) is 78.9 Å². The summed E-state index contributed by atoms with van der Waals surface area (Å²) in [6, 6.07) is 24.9. The minimum absolute atomic E-state index is 0.0619. The number of amides is 1. The Morgan fingerprint density at radius 2 is 1.46 bits per heavy atom. The van der Waals surface area contributed by atoms with Crippen molar-refractivity contribution < 1.29 is 14.3 Å². The van der Waals surface area contributed by atoms with Crippen molar-refractivity contribution in [2.45, 2.75) is 13.0 Å². The Bertz CT molecular complexity index is 828. The maximum atomic E-state index is 12.2. The maximum absolute atomic E-state index is 12.2. The number of hydrogen-bond donors (Lipinski definition) is 1. The number of rotatable bonds is 7. The molecule has 1 N–H and O–H groups in total. The van der Waals surface area contributed by atoms with E-state index in [1.165, 1.54) is 0 Å². The highest BCUT2D eigenvalue weighted by Crippen LogP contribution is 2.17. The molecular weight excluding hydrogens is 326 g/mol. The molecule has 0 heterocycles. The Labute approximate surface area is 153 Å². The molecule has 0 aromatic heterocycles. The molecular formula is C22H21NO3. The molecule has 3 aromatic carbocycles. The van der Waals surface area contributed by atoms with Crippen LogP contribution in [-0.2, 0) is 17.8 Å². The van der Waals surface area contributed by atoms with Gasteiger partial charge in [0, 0.05) is 5.69 Å². The van der Waals surface area contributed by atoms with Crippen LogP contribution in [0.3, 0.4) is 0 Å². The van der Waals surface area contributed by atoms with Gasteiger partial charge < -0.3 is 14.8 Å². The van der Waals surface area contributed by atoms with Gasteiger partial charge in [0.15, 0.2) is 0 Å². The Morgan fingerprint density at radius 1 is 0.808 bits per heavy atom. The zero-order chi connectivity index (χ0) is 18.2. The number of methoxy groups -OCH3 is 1. The fourth-order valence-corrected chi connectivity index (χ4v) is 2.51. The van der Waals surface area contributed by atoms with Crippen LogP contribution in [0.25, 0.3) is 0 Å². The van der Waals surface area contributed by atoms with Crippen LogP contribution in [0.1, 0.15) is 11.1 Å². The van der Waals surface area contributed by atoms with Crippen molar-refractivity contribution in [1.82, 2.24) is 0 Å². The average Bonchev–Trinajstić information content (AvgIpc) is 2.69. The number of nitrogens with one attached hydrogen (secondary N) is 1. The molecule has 1 amide bonds. The monoisotopic (exact) mass is 347 g/mol. The number of benzene rings is 3. The molecule has 3 rings (SSSR count). The first-order chi connectivity index (χ1) is 12.7. The van der Waals surface area contributed by atoms with Gasteiger partial charge in [-0.05, 0) is 47.5 Å². The Balaban J connectivity index is 1.50. The van der Waals surface area contributed by atoms with Crippen LogP contribution >= 0.6 is 0 Å². The van der Waals surface area contributed by atoms with E-state index in [0.29, 0.717) is 13.0 Å². The molecule has 0 saturated carbocycles. The zero-order valence-corrected chi connectivity index (χ0v) is 14.6. The van der Waals surface area contributed by atoms with Crippen molar-refractivity contribution in [3.63, 3.8) is 0 Å². The van der Waals surface area contributed by atoms with Crippen LogP contribution in [0, 0.1) is 0 Å². The van der Waals surface area contributed by atoms with Gasteiger partial charge in [0.1, 0.15) is 18.1 Å². The SMILES string of the molecule is COc1ccc(NC(=O)Cc2ccc(OCc3ccccc3)cc2)cc1. The van der Waals surface area contributed by atoms with Gasteiger partial charge in [-0.2, -0.15) is 0 Å². The molecule has 0 aliphatic heterocycles. The lowest BCUT2D eigenvalue weighted by molar-refractivity contribution is -0.115. The van der Waals surface area contributed by atoms with E-state index < -0.39 is 0 Å². The highest BCUT2D eigenvalue weighted by atomic mass is 16.5. The van der Waals surface area contributed by atoms with Crippen LogP contribution in [0.4, 0.5) is 5.69 Å². The second kappa shape index (κ2) is 8.72. The van der Waals surface area contributed by atoms with Gasteiger partial charge in [-0.15, -0.1) is 0 Å². The largest absolute Gasteiger partial charge is 0.497 e. The summed E-state index contributed by atoms with van der Waals surface area (Å²) in [5.74, 6) is 1.48. The number of ether oxygens (including phenoxy) is 2. The molecule has 132 valence electrons. The van der Waals surface area contributed by atoms with E-state index in [-0.39, 0.29) is 5.91 Å². The van der Waals surface area contributed by atoms with Crippen molar-refractivity contribution in [1.29, 1.82) is 0 Å². The summed E-state index contributed by atoms with van der Waals surface area (Å²) >= 11 is 0. The van der Waals surface area contributed by atoms with Gasteiger partial charge in [-0.3, -0.25) is 4.79 Å². The number of carbonyl (C=O) groups is 1. The topological polar surface area (TPSA) is 47.6 Å². The van der Waals surface area contributed by atoms with Crippen molar-refractivity contribution in [3.8, 4) is 11.5 Å². The lowest BCUT2D eigenvalue weighted by Crippen LogP contribution is -2.14. The van der Waals surface area contributed by atoms with E-state index >= 15 is 0 Å². The van der Waals surface area contributed by atoms with E-state index in [1.54, 1.807) is 7.11 Å². The normalized spacial score (nSPS) is 10.2. The number of carbonyl (C=O) groups excluding carboxylic acids is 1. The summed E-state index contributed by atoms with van der Waals surface area (Å²) < 4.78 is 10.9. The fraction of sp³-hybridized carbons (Fsp3) is 0.136. The quantitative estimate of drug-likeness (QED) is 0.687. The van der Waals surface area contributed by atoms with E-state index in [1.807, 2.05) is 78.9 Å². The van der Waals surface area contributed by atoms with E-state index in [0.717, 1.165) is 28.3 Å². The van der Waals surface area contributed by atoms with Crippen LogP contribution < -0.4 is 14.8 Å². The van der Waals surface area contributed by atoms with Crippen molar-refractivity contribution in [3.05, 3.63) is 90.0 Å². The van der Waals surface area contributed by atoms with Crippen LogP contribution in [0.2, 0.25) is 0 Å². The molecule has 0 atom stereocenters. The molecule has 3 aromatic rings. The Kier molecular flexibility index (Phi) is 5.88. The first-order valence-electron chi connectivity index (χ1n) is 8.42. The van der Waals surface area contributed by atoms with Gasteiger partial charge in [0.05, 0.1) is 13.5 Å². The second-order valence-electron chi connectivity index (χ2n) is 5.87. The van der Waals surface area contributed by atoms with Gasteiger partial charge in [0.25, 0.3) is 0 Å².